The average Bonchev–Trinajstić information content (AvgIpc) is 2.51. The molecule has 24 heavy (non-hydrogen) atoms. The fraction of sp³-hybridized carbons (Fsp3) is 0.444. The molecule has 1 saturated carbocycles. The zero-order valence-corrected chi connectivity index (χ0v) is 15.9. The van der Waals surface area contributed by atoms with Gasteiger partial charge < -0.3 is 10.5 Å². The molecule has 1 aromatic heterocycles. The van der Waals surface area contributed by atoms with Gasteiger partial charge in [0, 0.05) is 28.5 Å². The van der Waals surface area contributed by atoms with Crippen molar-refractivity contribution in [3.8, 4) is 11.8 Å². The smallest absolute Gasteiger partial charge is 0.129 e. The van der Waals surface area contributed by atoms with Gasteiger partial charge in [-0.1, -0.05) is 27.7 Å². The van der Waals surface area contributed by atoms with Gasteiger partial charge in [-0.05, 0) is 24.3 Å². The molecule has 2 N–H and O–H groups in total. The maximum absolute atomic E-state index is 9.22. The van der Waals surface area contributed by atoms with E-state index < -0.39 is 0 Å². The van der Waals surface area contributed by atoms with Crippen molar-refractivity contribution in [3.63, 3.8) is 0 Å². The lowest BCUT2D eigenvalue weighted by atomic mass is 9.50. The number of nitriles is 1. The molecule has 0 unspecified atom stereocenters. The van der Waals surface area contributed by atoms with Gasteiger partial charge in [-0.25, -0.2) is 0 Å². The topological polar surface area (TPSA) is 71.9 Å². The Morgan fingerprint density at radius 3 is 2.33 bits per heavy atom. The average molecular weight is 368 g/mol. The minimum Gasteiger partial charge on any atom is -0.488 e. The lowest BCUT2D eigenvalue weighted by Crippen LogP contribution is -2.72. The van der Waals surface area contributed by atoms with E-state index in [9.17, 15) is 5.26 Å². The Morgan fingerprint density at radius 2 is 1.75 bits per heavy atom. The molecule has 1 aromatic carbocycles. The van der Waals surface area contributed by atoms with Gasteiger partial charge in [0.1, 0.15) is 17.9 Å². The largest absolute Gasteiger partial charge is 0.488 e. The first kappa shape index (κ1) is 20.5. The van der Waals surface area contributed by atoms with E-state index in [1.807, 2.05) is 18.2 Å². The van der Waals surface area contributed by atoms with E-state index in [2.05, 4.69) is 38.7 Å². The quantitative estimate of drug-likeness (QED) is 0.867. The van der Waals surface area contributed by atoms with Crippen molar-refractivity contribution in [2.24, 2.45) is 16.6 Å². The number of fused-ring (bicyclic) bond motifs is 1. The molecule has 0 bridgehead atoms. The first-order chi connectivity index (χ1) is 10.3. The predicted octanol–water partition coefficient (Wildman–Crippen LogP) is 4.09. The highest BCUT2D eigenvalue weighted by atomic mass is 35.5. The highest BCUT2D eigenvalue weighted by molar-refractivity contribution is 5.89. The minimum atomic E-state index is -0.0913. The van der Waals surface area contributed by atoms with Crippen LogP contribution in [0.1, 0.15) is 33.3 Å². The Labute approximate surface area is 155 Å². The summed E-state index contributed by atoms with van der Waals surface area (Å²) in [6.45, 7) is 8.55. The second-order valence-electron chi connectivity index (χ2n) is 7.24. The fourth-order valence-corrected chi connectivity index (χ4v) is 3.92. The van der Waals surface area contributed by atoms with Crippen LogP contribution in [0.15, 0.2) is 30.5 Å². The van der Waals surface area contributed by atoms with Crippen molar-refractivity contribution in [2.75, 3.05) is 0 Å². The van der Waals surface area contributed by atoms with Crippen LogP contribution in [-0.2, 0) is 0 Å². The molecular formula is C18H23Cl2N3O. The maximum Gasteiger partial charge on any atom is 0.129 e. The Balaban J connectivity index is 0.00000144. The Hall–Kier alpha value is -1.54. The lowest BCUT2D eigenvalue weighted by Gasteiger charge is -2.61. The van der Waals surface area contributed by atoms with Crippen molar-refractivity contribution < 1.29 is 4.74 Å². The number of ether oxygens (including phenoxy) is 1. The number of hydrogen-bond acceptors (Lipinski definition) is 4. The van der Waals surface area contributed by atoms with Crippen molar-refractivity contribution in [1.82, 2.24) is 4.98 Å². The summed E-state index contributed by atoms with van der Waals surface area (Å²) in [5, 5.41) is 10.1. The number of rotatable bonds is 2. The van der Waals surface area contributed by atoms with E-state index in [0.29, 0.717) is 11.1 Å². The third-order valence-electron chi connectivity index (χ3n) is 5.05. The van der Waals surface area contributed by atoms with E-state index in [0.717, 1.165) is 11.1 Å². The summed E-state index contributed by atoms with van der Waals surface area (Å²) in [6, 6.07) is 9.70. The predicted molar refractivity (Wildman–Crippen MR) is 101 cm³/mol. The van der Waals surface area contributed by atoms with Crippen LogP contribution < -0.4 is 10.5 Å². The van der Waals surface area contributed by atoms with Crippen LogP contribution >= 0.6 is 24.8 Å². The van der Waals surface area contributed by atoms with Gasteiger partial charge in [0.25, 0.3) is 0 Å². The molecule has 0 atom stereocenters. The maximum atomic E-state index is 9.22. The number of nitrogens with two attached hydrogens (primary N) is 1. The van der Waals surface area contributed by atoms with Gasteiger partial charge in [0.05, 0.1) is 11.1 Å². The van der Waals surface area contributed by atoms with Crippen LogP contribution in [0.25, 0.3) is 10.9 Å². The third-order valence-corrected chi connectivity index (χ3v) is 5.05. The zero-order valence-electron chi connectivity index (χ0n) is 14.2. The summed E-state index contributed by atoms with van der Waals surface area (Å²) in [6.07, 6.45) is 1.71. The highest BCUT2D eigenvalue weighted by Gasteiger charge is 2.61. The molecule has 1 fully saturated rings. The standard InChI is InChI=1S/C18H21N3O.2ClH/c1-17(2)15(20)18(3,4)16(17)22-13-8-7-11(10-19)14-12(13)6-5-9-21-14;;/h5-9,15-16H,20H2,1-4H3;2*1H. The number of halogens is 2. The van der Waals surface area contributed by atoms with E-state index in [1.54, 1.807) is 12.3 Å². The molecule has 0 radical (unpaired) electrons. The summed E-state index contributed by atoms with van der Waals surface area (Å²) in [7, 11) is 0. The minimum absolute atomic E-state index is 0. The molecule has 0 amide bonds. The van der Waals surface area contributed by atoms with Crippen molar-refractivity contribution in [2.45, 2.75) is 39.8 Å². The van der Waals surface area contributed by atoms with E-state index in [-0.39, 0.29) is 47.8 Å². The van der Waals surface area contributed by atoms with Crippen LogP contribution in [0.5, 0.6) is 5.75 Å². The molecule has 0 aliphatic heterocycles. The molecule has 1 aliphatic rings. The molecule has 1 heterocycles. The Kier molecular flexibility index (Phi) is 5.77. The van der Waals surface area contributed by atoms with Crippen LogP contribution in [0.3, 0.4) is 0 Å². The second-order valence-corrected chi connectivity index (χ2v) is 7.24. The lowest BCUT2D eigenvalue weighted by molar-refractivity contribution is -0.154. The zero-order chi connectivity index (χ0) is 16.1. The summed E-state index contributed by atoms with van der Waals surface area (Å²) >= 11 is 0. The van der Waals surface area contributed by atoms with E-state index >= 15 is 0 Å². The monoisotopic (exact) mass is 367 g/mol. The van der Waals surface area contributed by atoms with Gasteiger partial charge in [0.2, 0.25) is 0 Å². The van der Waals surface area contributed by atoms with Gasteiger partial charge in [-0.2, -0.15) is 5.26 Å². The first-order valence-electron chi connectivity index (χ1n) is 7.50. The van der Waals surface area contributed by atoms with Crippen molar-refractivity contribution >= 4 is 35.7 Å². The molecular weight excluding hydrogens is 345 g/mol. The molecule has 0 spiro atoms. The van der Waals surface area contributed by atoms with Crippen molar-refractivity contribution in [1.29, 1.82) is 5.26 Å². The summed E-state index contributed by atoms with van der Waals surface area (Å²) in [4.78, 5) is 4.32. The van der Waals surface area contributed by atoms with Gasteiger partial charge in [-0.15, -0.1) is 24.8 Å². The number of aromatic nitrogens is 1. The summed E-state index contributed by atoms with van der Waals surface area (Å²) in [5.41, 5.74) is 7.36. The van der Waals surface area contributed by atoms with Crippen LogP contribution in [-0.4, -0.2) is 17.1 Å². The van der Waals surface area contributed by atoms with Crippen molar-refractivity contribution in [3.05, 3.63) is 36.0 Å². The molecule has 130 valence electrons. The second kappa shape index (κ2) is 6.76. The SMILES string of the molecule is CC1(C)C(N)C(C)(C)C1Oc1ccc(C#N)c2ncccc12.Cl.Cl. The number of hydrogen-bond donors (Lipinski definition) is 1. The Morgan fingerprint density at radius 1 is 1.12 bits per heavy atom. The number of pyridine rings is 1. The van der Waals surface area contributed by atoms with Gasteiger partial charge >= 0.3 is 0 Å². The number of benzene rings is 1. The van der Waals surface area contributed by atoms with Crippen LogP contribution in [0, 0.1) is 22.2 Å². The molecule has 0 saturated heterocycles. The van der Waals surface area contributed by atoms with E-state index in [4.69, 9.17) is 10.5 Å². The van der Waals surface area contributed by atoms with Gasteiger partial charge in [-0.3, -0.25) is 4.98 Å². The van der Waals surface area contributed by atoms with Crippen LogP contribution in [0.4, 0.5) is 0 Å². The number of nitrogens with zero attached hydrogens (tertiary/aromatic N) is 2. The molecule has 4 nitrogen and oxygen atoms in total. The normalized spacial score (nSPS) is 23.2. The Bertz CT molecular complexity index is 767. The fourth-order valence-electron chi connectivity index (χ4n) is 3.92. The molecule has 6 heteroatoms. The van der Waals surface area contributed by atoms with Gasteiger partial charge in [0.15, 0.2) is 0 Å². The highest BCUT2D eigenvalue weighted by Crippen LogP contribution is 2.54. The molecule has 1 aliphatic carbocycles. The summed E-state index contributed by atoms with van der Waals surface area (Å²) < 4.78 is 6.33. The molecule has 3 rings (SSSR count). The van der Waals surface area contributed by atoms with E-state index in [1.165, 1.54) is 0 Å². The summed E-state index contributed by atoms with van der Waals surface area (Å²) in [5.74, 6) is 0.764. The first-order valence-corrected chi connectivity index (χ1v) is 7.50. The molecule has 2 aromatic rings. The van der Waals surface area contributed by atoms with Crippen LogP contribution in [0.2, 0.25) is 0 Å². The third kappa shape index (κ3) is 2.82.